The molecule has 0 aliphatic rings. The molecule has 0 N–H and O–H groups in total. The van der Waals surface area contributed by atoms with Crippen LogP contribution in [0, 0.1) is 0 Å². The van der Waals surface area contributed by atoms with Crippen LogP contribution in [0.4, 0.5) is 17.1 Å². The fourth-order valence-corrected chi connectivity index (χ4v) is 9.52. The minimum Gasteiger partial charge on any atom is -0.456 e. The maximum atomic E-state index is 6.28. The summed E-state index contributed by atoms with van der Waals surface area (Å²) < 4.78 is 8.90. The van der Waals surface area contributed by atoms with Gasteiger partial charge in [-0.05, 0) is 93.2 Å². The van der Waals surface area contributed by atoms with Crippen molar-refractivity contribution in [2.75, 3.05) is 4.90 Å². The van der Waals surface area contributed by atoms with E-state index in [0.29, 0.717) is 0 Å². The third kappa shape index (κ3) is 5.32. The number of benzene rings is 9. The van der Waals surface area contributed by atoms with Gasteiger partial charge in [0.15, 0.2) is 0 Å². The Morgan fingerprint density at radius 2 is 0.964 bits per heavy atom. The summed E-state index contributed by atoms with van der Waals surface area (Å²) in [7, 11) is 0. The van der Waals surface area contributed by atoms with Crippen LogP contribution in [0.1, 0.15) is 0 Å². The third-order valence-corrected chi connectivity index (χ3v) is 12.1. The maximum absolute atomic E-state index is 6.28. The Labute approximate surface area is 322 Å². The summed E-state index contributed by atoms with van der Waals surface area (Å²) >= 11 is 1.87. The van der Waals surface area contributed by atoms with Crippen LogP contribution in [0.5, 0.6) is 0 Å². The van der Waals surface area contributed by atoms with Crippen molar-refractivity contribution in [2.45, 2.75) is 0 Å². The van der Waals surface area contributed by atoms with E-state index in [4.69, 9.17) is 4.42 Å². The molecule has 11 rings (SSSR count). The lowest BCUT2D eigenvalue weighted by Gasteiger charge is -2.27. The summed E-state index contributed by atoms with van der Waals surface area (Å²) in [5.41, 5.74) is 12.3. The summed E-state index contributed by atoms with van der Waals surface area (Å²) in [4.78, 5) is 2.38. The Kier molecular flexibility index (Phi) is 7.39. The summed E-state index contributed by atoms with van der Waals surface area (Å²) in [6, 6.07) is 72.3. The normalized spacial score (nSPS) is 11.6. The lowest BCUT2D eigenvalue weighted by Crippen LogP contribution is -2.10. The molecule has 9 aromatic carbocycles. The van der Waals surface area contributed by atoms with Gasteiger partial charge in [-0.15, -0.1) is 11.3 Å². The Balaban J connectivity index is 1.12. The minimum atomic E-state index is 0.882. The van der Waals surface area contributed by atoms with Gasteiger partial charge in [-0.3, -0.25) is 0 Å². The molecule has 0 unspecified atom stereocenters. The first-order valence-corrected chi connectivity index (χ1v) is 19.5. The van der Waals surface area contributed by atoms with Crippen LogP contribution in [0.25, 0.3) is 86.3 Å². The molecule has 0 radical (unpaired) electrons. The molecule has 2 heterocycles. The van der Waals surface area contributed by atoms with Crippen LogP contribution < -0.4 is 4.90 Å². The van der Waals surface area contributed by atoms with Gasteiger partial charge in [0.2, 0.25) is 0 Å². The van der Waals surface area contributed by atoms with E-state index in [1.165, 1.54) is 64.3 Å². The van der Waals surface area contributed by atoms with Gasteiger partial charge in [-0.25, -0.2) is 0 Å². The van der Waals surface area contributed by atoms with Crippen molar-refractivity contribution in [3.05, 3.63) is 200 Å². The zero-order valence-electron chi connectivity index (χ0n) is 29.8. The monoisotopic (exact) mass is 719 g/mol. The molecule has 0 spiro atoms. The van der Waals surface area contributed by atoms with Gasteiger partial charge in [0.05, 0.1) is 0 Å². The van der Waals surface area contributed by atoms with Crippen molar-refractivity contribution < 1.29 is 4.42 Å². The van der Waals surface area contributed by atoms with E-state index < -0.39 is 0 Å². The first-order valence-electron chi connectivity index (χ1n) is 18.7. The van der Waals surface area contributed by atoms with Gasteiger partial charge in [0, 0.05) is 53.6 Å². The first kappa shape index (κ1) is 31.6. The summed E-state index contributed by atoms with van der Waals surface area (Å²) in [6.45, 7) is 0. The molecule has 55 heavy (non-hydrogen) atoms. The molecular weight excluding hydrogens is 687 g/mol. The molecule has 0 amide bonds. The third-order valence-electron chi connectivity index (χ3n) is 10.9. The molecule has 0 aliphatic heterocycles. The van der Waals surface area contributed by atoms with E-state index >= 15 is 0 Å². The highest BCUT2D eigenvalue weighted by molar-refractivity contribution is 7.26. The number of anilines is 3. The average molecular weight is 720 g/mol. The number of hydrogen-bond acceptors (Lipinski definition) is 3. The van der Waals surface area contributed by atoms with Crippen LogP contribution in [0.2, 0.25) is 0 Å². The van der Waals surface area contributed by atoms with Crippen molar-refractivity contribution in [3.8, 4) is 33.4 Å². The number of furan rings is 1. The molecule has 3 heteroatoms. The predicted octanol–water partition coefficient (Wildman–Crippen LogP) is 15.6. The molecule has 2 nitrogen and oxygen atoms in total. The zero-order valence-corrected chi connectivity index (χ0v) is 30.6. The van der Waals surface area contributed by atoms with E-state index in [0.717, 1.165) is 39.0 Å². The second kappa shape index (κ2) is 12.9. The van der Waals surface area contributed by atoms with Crippen molar-refractivity contribution in [2.24, 2.45) is 0 Å². The van der Waals surface area contributed by atoms with E-state index in [1.54, 1.807) is 0 Å². The Bertz CT molecular complexity index is 3200. The van der Waals surface area contributed by atoms with Crippen molar-refractivity contribution in [3.63, 3.8) is 0 Å². The molecule has 0 aliphatic carbocycles. The number of hydrogen-bond donors (Lipinski definition) is 0. The van der Waals surface area contributed by atoms with Gasteiger partial charge >= 0.3 is 0 Å². The number of nitrogens with zero attached hydrogens (tertiary/aromatic N) is 1. The summed E-state index contributed by atoms with van der Waals surface area (Å²) in [6.07, 6.45) is 0. The SMILES string of the molecule is c1ccc(-c2cc(N(c3ccc(-c4cccc5ccccc45)cc3)c3ccc4oc5ccccc5c4c3)ccc2-c2cccc3c2sc2ccccc23)cc1. The molecule has 0 saturated heterocycles. The van der Waals surface area contributed by atoms with Crippen molar-refractivity contribution >= 4 is 81.3 Å². The van der Waals surface area contributed by atoms with Crippen molar-refractivity contribution in [1.29, 1.82) is 0 Å². The predicted molar refractivity (Wildman–Crippen MR) is 235 cm³/mol. The number of thiophene rings is 1. The first-order chi connectivity index (χ1) is 27.3. The van der Waals surface area contributed by atoms with Crippen LogP contribution >= 0.6 is 11.3 Å². The van der Waals surface area contributed by atoms with Gasteiger partial charge in [-0.2, -0.15) is 0 Å². The Morgan fingerprint density at radius 1 is 0.345 bits per heavy atom. The Morgan fingerprint density at radius 3 is 1.85 bits per heavy atom. The highest BCUT2D eigenvalue weighted by Crippen LogP contribution is 2.46. The Hall–Kier alpha value is -6.94. The van der Waals surface area contributed by atoms with E-state index in [2.05, 4.69) is 193 Å². The van der Waals surface area contributed by atoms with Gasteiger partial charge in [0.1, 0.15) is 11.2 Å². The molecule has 0 fully saturated rings. The van der Waals surface area contributed by atoms with E-state index in [1.807, 2.05) is 23.5 Å². The second-order valence-electron chi connectivity index (χ2n) is 14.1. The van der Waals surface area contributed by atoms with Gasteiger partial charge < -0.3 is 9.32 Å². The lowest BCUT2D eigenvalue weighted by molar-refractivity contribution is 0.669. The van der Waals surface area contributed by atoms with Crippen LogP contribution in [0.3, 0.4) is 0 Å². The van der Waals surface area contributed by atoms with Crippen molar-refractivity contribution in [1.82, 2.24) is 0 Å². The topological polar surface area (TPSA) is 16.4 Å². The number of para-hydroxylation sites is 1. The highest BCUT2D eigenvalue weighted by Gasteiger charge is 2.20. The number of fused-ring (bicyclic) bond motifs is 7. The molecule has 0 bridgehead atoms. The van der Waals surface area contributed by atoms with Gasteiger partial charge in [0.25, 0.3) is 0 Å². The quantitative estimate of drug-likeness (QED) is 0.170. The molecule has 11 aromatic rings. The lowest BCUT2D eigenvalue weighted by atomic mass is 9.92. The fraction of sp³-hybridized carbons (Fsp3) is 0. The molecule has 2 aromatic heterocycles. The molecule has 0 saturated carbocycles. The number of rotatable bonds is 6. The average Bonchev–Trinajstić information content (AvgIpc) is 3.83. The summed E-state index contributed by atoms with van der Waals surface area (Å²) in [5.74, 6) is 0. The zero-order chi connectivity index (χ0) is 36.3. The molecule has 0 atom stereocenters. The van der Waals surface area contributed by atoms with Crippen LogP contribution in [-0.2, 0) is 0 Å². The van der Waals surface area contributed by atoms with Crippen LogP contribution in [0.15, 0.2) is 205 Å². The fourth-order valence-electron chi connectivity index (χ4n) is 8.29. The van der Waals surface area contributed by atoms with Crippen LogP contribution in [-0.4, -0.2) is 0 Å². The summed E-state index contributed by atoms with van der Waals surface area (Å²) in [5, 5.41) is 7.32. The minimum absolute atomic E-state index is 0.882. The second-order valence-corrected chi connectivity index (χ2v) is 15.1. The maximum Gasteiger partial charge on any atom is 0.135 e. The standard InChI is InChI=1S/C52H33NOS/c1-2-12-35(13-3-1)47-32-38(28-30-42(47)45-20-11-21-46-44-18-7-9-23-51(44)55-52(45)46)53(39-29-31-50-48(33-39)43-17-6-8-22-49(43)54-50)37-26-24-36(25-27-37)41-19-10-15-34-14-4-5-16-40(34)41/h1-33H. The van der Waals surface area contributed by atoms with E-state index in [9.17, 15) is 0 Å². The van der Waals surface area contributed by atoms with E-state index in [-0.39, 0.29) is 0 Å². The molecule has 258 valence electrons. The highest BCUT2D eigenvalue weighted by atomic mass is 32.1. The molecular formula is C52H33NOS. The smallest absolute Gasteiger partial charge is 0.135 e. The largest absolute Gasteiger partial charge is 0.456 e. The van der Waals surface area contributed by atoms with Gasteiger partial charge in [-0.1, -0.05) is 146 Å².